The van der Waals surface area contributed by atoms with Crippen LogP contribution in [0.1, 0.15) is 19.4 Å². The molecule has 1 aromatic rings. The first kappa shape index (κ1) is 8.80. The van der Waals surface area contributed by atoms with Crippen LogP contribution in [-0.2, 0) is 10.2 Å². The Balaban J connectivity index is 2.93. The van der Waals surface area contributed by atoms with Gasteiger partial charge < -0.3 is 4.98 Å². The third-order valence-corrected chi connectivity index (χ3v) is 2.02. The molecule has 0 saturated carbocycles. The molecule has 1 aromatic heterocycles. The van der Waals surface area contributed by atoms with E-state index in [4.69, 9.17) is 5.84 Å². The summed E-state index contributed by atoms with van der Waals surface area (Å²) in [4.78, 5) is 14.2. The van der Waals surface area contributed by atoms with Gasteiger partial charge in [-0.05, 0) is 25.5 Å². The first-order valence-corrected chi connectivity index (χ1v) is 3.73. The number of hydrogen-bond acceptors (Lipinski definition) is 2. The summed E-state index contributed by atoms with van der Waals surface area (Å²) in [6, 6.07) is 1.86. The zero-order chi connectivity index (χ0) is 9.19. The first-order valence-electron chi connectivity index (χ1n) is 3.73. The van der Waals surface area contributed by atoms with E-state index in [1.165, 1.54) is 0 Å². The van der Waals surface area contributed by atoms with Gasteiger partial charge in [0, 0.05) is 12.4 Å². The Kier molecular flexibility index (Phi) is 2.19. The molecule has 4 heteroatoms. The molecule has 0 unspecified atom stereocenters. The molecular weight excluding hydrogens is 154 g/mol. The van der Waals surface area contributed by atoms with E-state index in [0.717, 1.165) is 5.56 Å². The molecule has 1 heterocycles. The van der Waals surface area contributed by atoms with Crippen LogP contribution in [0.2, 0.25) is 0 Å². The van der Waals surface area contributed by atoms with Gasteiger partial charge in [0.05, 0.1) is 5.41 Å². The topological polar surface area (TPSA) is 70.9 Å². The summed E-state index contributed by atoms with van der Waals surface area (Å²) in [6.45, 7) is 3.64. The van der Waals surface area contributed by atoms with Crippen LogP contribution >= 0.6 is 0 Å². The lowest BCUT2D eigenvalue weighted by molar-refractivity contribution is -0.125. The number of hydrogen-bond donors (Lipinski definition) is 3. The van der Waals surface area contributed by atoms with Gasteiger partial charge in [-0.1, -0.05) is 0 Å². The third kappa shape index (κ3) is 1.33. The van der Waals surface area contributed by atoms with Crippen molar-refractivity contribution < 1.29 is 4.79 Å². The smallest absolute Gasteiger partial charge is 0.244 e. The van der Waals surface area contributed by atoms with Gasteiger partial charge in [0.25, 0.3) is 0 Å². The predicted molar refractivity (Wildman–Crippen MR) is 46.1 cm³/mol. The van der Waals surface area contributed by atoms with Gasteiger partial charge in [0.15, 0.2) is 0 Å². The molecule has 4 nitrogen and oxygen atoms in total. The SMILES string of the molecule is CC(C)(C(=O)NN)c1cc[nH]c1. The maximum atomic E-state index is 11.3. The van der Waals surface area contributed by atoms with Crippen molar-refractivity contribution in [3.8, 4) is 0 Å². The Hall–Kier alpha value is -1.29. The Morgan fingerprint density at radius 2 is 2.33 bits per heavy atom. The zero-order valence-corrected chi connectivity index (χ0v) is 7.22. The summed E-state index contributed by atoms with van der Waals surface area (Å²) < 4.78 is 0. The maximum absolute atomic E-state index is 11.3. The molecule has 0 aliphatic carbocycles. The highest BCUT2D eigenvalue weighted by atomic mass is 16.2. The molecule has 12 heavy (non-hydrogen) atoms. The molecule has 0 saturated heterocycles. The molecule has 0 radical (unpaired) electrons. The zero-order valence-electron chi connectivity index (χ0n) is 7.22. The van der Waals surface area contributed by atoms with E-state index in [0.29, 0.717) is 0 Å². The van der Waals surface area contributed by atoms with Crippen LogP contribution in [0.25, 0.3) is 0 Å². The summed E-state index contributed by atoms with van der Waals surface area (Å²) in [6.07, 6.45) is 3.57. The fourth-order valence-electron chi connectivity index (χ4n) is 1.02. The van der Waals surface area contributed by atoms with Gasteiger partial charge in [-0.25, -0.2) is 5.84 Å². The van der Waals surface area contributed by atoms with Crippen molar-refractivity contribution in [2.24, 2.45) is 5.84 Å². The number of aromatic nitrogens is 1. The molecule has 0 aromatic carbocycles. The van der Waals surface area contributed by atoms with Crippen LogP contribution in [-0.4, -0.2) is 10.9 Å². The summed E-state index contributed by atoms with van der Waals surface area (Å²) in [5, 5.41) is 0. The summed E-state index contributed by atoms with van der Waals surface area (Å²) >= 11 is 0. The van der Waals surface area contributed by atoms with Crippen molar-refractivity contribution in [2.75, 3.05) is 0 Å². The van der Waals surface area contributed by atoms with Crippen molar-refractivity contribution in [3.05, 3.63) is 24.0 Å². The molecule has 66 valence electrons. The van der Waals surface area contributed by atoms with Crippen LogP contribution < -0.4 is 11.3 Å². The molecule has 1 rings (SSSR count). The second-order valence-corrected chi connectivity index (χ2v) is 3.20. The number of nitrogens with two attached hydrogens (primary N) is 1. The highest BCUT2D eigenvalue weighted by Gasteiger charge is 2.29. The van der Waals surface area contributed by atoms with Crippen LogP contribution in [0.4, 0.5) is 0 Å². The maximum Gasteiger partial charge on any atom is 0.244 e. The number of aromatic amines is 1. The van der Waals surface area contributed by atoms with E-state index in [1.807, 2.05) is 19.9 Å². The summed E-state index contributed by atoms with van der Waals surface area (Å²) in [7, 11) is 0. The van der Waals surface area contributed by atoms with Gasteiger partial charge in [0.1, 0.15) is 0 Å². The molecule has 0 aliphatic rings. The molecule has 0 fully saturated rings. The quantitative estimate of drug-likeness (QED) is 0.336. The highest BCUT2D eigenvalue weighted by molar-refractivity contribution is 5.86. The first-order chi connectivity index (χ1) is 5.59. The van der Waals surface area contributed by atoms with Crippen LogP contribution in [0.15, 0.2) is 18.5 Å². The van der Waals surface area contributed by atoms with E-state index in [1.54, 1.807) is 12.4 Å². The van der Waals surface area contributed by atoms with Crippen molar-refractivity contribution in [1.29, 1.82) is 0 Å². The fourth-order valence-corrected chi connectivity index (χ4v) is 1.02. The minimum atomic E-state index is -0.575. The average molecular weight is 167 g/mol. The number of rotatable bonds is 2. The lowest BCUT2D eigenvalue weighted by Crippen LogP contribution is -2.43. The van der Waals surface area contributed by atoms with Gasteiger partial charge in [-0.15, -0.1) is 0 Å². The monoisotopic (exact) mass is 167 g/mol. The predicted octanol–water partition coefficient (Wildman–Crippen LogP) is 0.282. The van der Waals surface area contributed by atoms with Crippen LogP contribution in [0, 0.1) is 0 Å². The molecular formula is C8H13N3O. The molecule has 0 spiro atoms. The van der Waals surface area contributed by atoms with Crippen LogP contribution in [0.5, 0.6) is 0 Å². The van der Waals surface area contributed by atoms with E-state index in [-0.39, 0.29) is 5.91 Å². The standard InChI is InChI=1S/C8H13N3O/c1-8(2,7(12)11-9)6-3-4-10-5-6/h3-5,10H,9H2,1-2H3,(H,11,12). The van der Waals surface area contributed by atoms with Gasteiger partial charge in [0.2, 0.25) is 5.91 Å². The number of carbonyl (C=O) groups is 1. The van der Waals surface area contributed by atoms with Crippen molar-refractivity contribution in [3.63, 3.8) is 0 Å². The van der Waals surface area contributed by atoms with Crippen LogP contribution in [0.3, 0.4) is 0 Å². The molecule has 4 N–H and O–H groups in total. The van der Waals surface area contributed by atoms with Gasteiger partial charge >= 0.3 is 0 Å². The number of carbonyl (C=O) groups excluding carboxylic acids is 1. The molecule has 0 bridgehead atoms. The molecule has 1 amide bonds. The largest absolute Gasteiger partial charge is 0.367 e. The Morgan fingerprint density at radius 1 is 1.67 bits per heavy atom. The number of nitrogens with one attached hydrogen (secondary N) is 2. The minimum absolute atomic E-state index is 0.192. The van der Waals surface area contributed by atoms with Gasteiger partial charge in [-0.3, -0.25) is 10.2 Å². The third-order valence-electron chi connectivity index (χ3n) is 2.02. The fraction of sp³-hybridized carbons (Fsp3) is 0.375. The minimum Gasteiger partial charge on any atom is -0.367 e. The van der Waals surface area contributed by atoms with Crippen molar-refractivity contribution in [2.45, 2.75) is 19.3 Å². The Morgan fingerprint density at radius 3 is 2.75 bits per heavy atom. The average Bonchev–Trinajstić information content (AvgIpc) is 2.55. The van der Waals surface area contributed by atoms with Gasteiger partial charge in [-0.2, -0.15) is 0 Å². The van der Waals surface area contributed by atoms with E-state index < -0.39 is 5.41 Å². The second-order valence-electron chi connectivity index (χ2n) is 3.20. The van der Waals surface area contributed by atoms with Crippen molar-refractivity contribution >= 4 is 5.91 Å². The summed E-state index contributed by atoms with van der Waals surface area (Å²) in [5.74, 6) is 4.86. The lowest BCUT2D eigenvalue weighted by Gasteiger charge is -2.20. The number of H-pyrrole nitrogens is 1. The van der Waals surface area contributed by atoms with E-state index in [9.17, 15) is 4.79 Å². The Labute approximate surface area is 71.1 Å². The Bertz CT molecular complexity index is 264. The lowest BCUT2D eigenvalue weighted by atomic mass is 9.86. The summed E-state index contributed by atoms with van der Waals surface area (Å²) in [5.41, 5.74) is 2.49. The van der Waals surface area contributed by atoms with E-state index >= 15 is 0 Å². The molecule has 0 atom stereocenters. The number of hydrazine groups is 1. The second kappa shape index (κ2) is 2.98. The number of amides is 1. The molecule has 0 aliphatic heterocycles. The van der Waals surface area contributed by atoms with Crippen molar-refractivity contribution in [1.82, 2.24) is 10.4 Å². The normalized spacial score (nSPS) is 11.2. The van der Waals surface area contributed by atoms with E-state index in [2.05, 4.69) is 10.4 Å². The highest BCUT2D eigenvalue weighted by Crippen LogP contribution is 2.21.